The number of benzene rings is 5. The average Bonchev–Trinajstić information content (AvgIpc) is 2.98. The SMILES string of the molecule is O=C(C[C@@H](c1ccccc1)[C@H](Cc1ccccc1)C(c1ccccc1)c1ccccc1)c1ccccc1. The van der Waals surface area contributed by atoms with Gasteiger partial charge in [0.25, 0.3) is 0 Å². The van der Waals surface area contributed by atoms with Gasteiger partial charge in [-0.05, 0) is 40.5 Å². The zero-order chi connectivity index (χ0) is 25.3. The molecule has 0 aromatic heterocycles. The minimum absolute atomic E-state index is 0.0412. The molecule has 0 aliphatic rings. The van der Waals surface area contributed by atoms with Crippen LogP contribution in [-0.2, 0) is 6.42 Å². The maximum Gasteiger partial charge on any atom is 0.163 e. The molecule has 0 N–H and O–H groups in total. The Hall–Kier alpha value is -4.23. The maximum absolute atomic E-state index is 13.7. The van der Waals surface area contributed by atoms with Crippen molar-refractivity contribution in [2.45, 2.75) is 24.7 Å². The molecule has 5 aromatic rings. The van der Waals surface area contributed by atoms with Gasteiger partial charge in [-0.3, -0.25) is 4.79 Å². The molecule has 0 bridgehead atoms. The molecule has 0 aliphatic carbocycles. The van der Waals surface area contributed by atoms with Gasteiger partial charge in [0.2, 0.25) is 0 Å². The summed E-state index contributed by atoms with van der Waals surface area (Å²) in [6.45, 7) is 0. The fourth-order valence-electron chi connectivity index (χ4n) is 5.54. The number of carbonyl (C=O) groups excluding carboxylic acids is 1. The van der Waals surface area contributed by atoms with E-state index in [9.17, 15) is 4.79 Å². The molecule has 2 atom stereocenters. The van der Waals surface area contributed by atoms with E-state index in [-0.39, 0.29) is 23.5 Å². The first-order chi connectivity index (χ1) is 18.3. The van der Waals surface area contributed by atoms with Crippen LogP contribution in [0.25, 0.3) is 0 Å². The van der Waals surface area contributed by atoms with E-state index in [1.54, 1.807) is 0 Å². The van der Waals surface area contributed by atoms with Gasteiger partial charge in [-0.15, -0.1) is 0 Å². The predicted molar refractivity (Wildman–Crippen MR) is 153 cm³/mol. The van der Waals surface area contributed by atoms with E-state index in [0.717, 1.165) is 12.0 Å². The first-order valence-electron chi connectivity index (χ1n) is 13.1. The third-order valence-corrected chi connectivity index (χ3v) is 7.31. The fraction of sp³-hybridized carbons (Fsp3) is 0.139. The van der Waals surface area contributed by atoms with Crippen molar-refractivity contribution in [1.82, 2.24) is 0 Å². The first-order valence-corrected chi connectivity index (χ1v) is 13.1. The Balaban J connectivity index is 1.65. The van der Waals surface area contributed by atoms with Gasteiger partial charge in [0.1, 0.15) is 0 Å². The van der Waals surface area contributed by atoms with Gasteiger partial charge < -0.3 is 0 Å². The van der Waals surface area contributed by atoms with E-state index in [4.69, 9.17) is 0 Å². The second-order valence-corrected chi connectivity index (χ2v) is 9.66. The molecule has 0 radical (unpaired) electrons. The summed E-state index contributed by atoms with van der Waals surface area (Å²) in [7, 11) is 0. The Kier molecular flexibility index (Phi) is 8.03. The number of hydrogen-bond donors (Lipinski definition) is 0. The lowest BCUT2D eigenvalue weighted by Crippen LogP contribution is -2.26. The molecule has 0 amide bonds. The fourth-order valence-corrected chi connectivity index (χ4v) is 5.54. The Labute approximate surface area is 220 Å². The van der Waals surface area contributed by atoms with Gasteiger partial charge in [0, 0.05) is 17.9 Å². The largest absolute Gasteiger partial charge is 0.294 e. The van der Waals surface area contributed by atoms with Crippen LogP contribution in [0, 0.1) is 5.92 Å². The second kappa shape index (κ2) is 12.1. The minimum atomic E-state index is 0.0412. The summed E-state index contributed by atoms with van der Waals surface area (Å²) in [6.07, 6.45) is 1.33. The summed E-state index contributed by atoms with van der Waals surface area (Å²) >= 11 is 0. The van der Waals surface area contributed by atoms with Crippen molar-refractivity contribution in [2.24, 2.45) is 5.92 Å². The van der Waals surface area contributed by atoms with Crippen molar-refractivity contribution in [2.75, 3.05) is 0 Å². The standard InChI is InChI=1S/C36H32O/c37-35(30-20-10-3-11-21-30)27-33(29-18-8-2-9-19-29)34(26-28-16-6-1-7-17-28)36(31-22-12-4-13-23-31)32-24-14-5-15-25-32/h1-25,33-34,36H,26-27H2/t33-,34-/m0/s1. The topological polar surface area (TPSA) is 17.1 Å². The van der Waals surface area contributed by atoms with Gasteiger partial charge in [-0.25, -0.2) is 0 Å². The molecule has 0 saturated heterocycles. The molecule has 0 heterocycles. The van der Waals surface area contributed by atoms with Crippen LogP contribution in [0.1, 0.15) is 50.9 Å². The van der Waals surface area contributed by atoms with Crippen LogP contribution in [0.2, 0.25) is 0 Å². The molecule has 0 saturated carbocycles. The number of ketones is 1. The number of carbonyl (C=O) groups is 1. The molecular weight excluding hydrogens is 448 g/mol. The first kappa shape index (κ1) is 24.5. The number of hydrogen-bond acceptors (Lipinski definition) is 1. The lowest BCUT2D eigenvalue weighted by Gasteiger charge is -2.35. The Bertz CT molecular complexity index is 1320. The summed E-state index contributed by atoms with van der Waals surface area (Å²) in [5.41, 5.74) is 5.84. The summed E-state index contributed by atoms with van der Waals surface area (Å²) in [6, 6.07) is 52.6. The van der Waals surface area contributed by atoms with E-state index >= 15 is 0 Å². The van der Waals surface area contributed by atoms with Crippen LogP contribution >= 0.6 is 0 Å². The van der Waals surface area contributed by atoms with Crippen molar-refractivity contribution in [3.05, 3.63) is 179 Å². The smallest absolute Gasteiger partial charge is 0.163 e. The van der Waals surface area contributed by atoms with Crippen molar-refractivity contribution >= 4 is 5.78 Å². The predicted octanol–water partition coefficient (Wildman–Crippen LogP) is 8.73. The molecule has 0 fully saturated rings. The zero-order valence-corrected chi connectivity index (χ0v) is 21.0. The quantitative estimate of drug-likeness (QED) is 0.183. The van der Waals surface area contributed by atoms with Crippen molar-refractivity contribution in [3.63, 3.8) is 0 Å². The highest BCUT2D eigenvalue weighted by atomic mass is 16.1. The van der Waals surface area contributed by atoms with Crippen LogP contribution in [-0.4, -0.2) is 5.78 Å². The normalized spacial score (nSPS) is 12.7. The van der Waals surface area contributed by atoms with E-state index in [0.29, 0.717) is 6.42 Å². The highest BCUT2D eigenvalue weighted by Crippen LogP contribution is 2.44. The van der Waals surface area contributed by atoms with Crippen molar-refractivity contribution in [3.8, 4) is 0 Å². The molecule has 0 unspecified atom stereocenters. The summed E-state index contributed by atoms with van der Waals surface area (Å²) in [4.78, 5) is 13.7. The monoisotopic (exact) mass is 480 g/mol. The highest BCUT2D eigenvalue weighted by molar-refractivity contribution is 5.96. The van der Waals surface area contributed by atoms with Gasteiger partial charge in [0.15, 0.2) is 5.78 Å². The van der Waals surface area contributed by atoms with Gasteiger partial charge in [-0.2, -0.15) is 0 Å². The summed E-state index contributed by atoms with van der Waals surface area (Å²) in [5, 5.41) is 0. The lowest BCUT2D eigenvalue weighted by atomic mass is 9.68. The van der Waals surface area contributed by atoms with Gasteiger partial charge >= 0.3 is 0 Å². The van der Waals surface area contributed by atoms with E-state index in [1.807, 2.05) is 30.3 Å². The molecular formula is C36H32O. The van der Waals surface area contributed by atoms with Crippen LogP contribution in [0.15, 0.2) is 152 Å². The lowest BCUT2D eigenvalue weighted by molar-refractivity contribution is 0.0961. The van der Waals surface area contributed by atoms with Crippen LogP contribution in [0.4, 0.5) is 0 Å². The third-order valence-electron chi connectivity index (χ3n) is 7.31. The Morgan fingerprint density at radius 3 is 1.38 bits per heavy atom. The molecule has 37 heavy (non-hydrogen) atoms. The molecule has 5 rings (SSSR count). The molecule has 0 aliphatic heterocycles. The van der Waals surface area contributed by atoms with E-state index in [1.165, 1.54) is 22.3 Å². The average molecular weight is 481 g/mol. The maximum atomic E-state index is 13.7. The van der Waals surface area contributed by atoms with Gasteiger partial charge in [-0.1, -0.05) is 152 Å². The molecule has 1 heteroatoms. The molecule has 1 nitrogen and oxygen atoms in total. The molecule has 0 spiro atoms. The van der Waals surface area contributed by atoms with Crippen LogP contribution in [0.5, 0.6) is 0 Å². The van der Waals surface area contributed by atoms with E-state index in [2.05, 4.69) is 121 Å². The summed E-state index contributed by atoms with van der Waals surface area (Å²) < 4.78 is 0. The highest BCUT2D eigenvalue weighted by Gasteiger charge is 2.34. The summed E-state index contributed by atoms with van der Waals surface area (Å²) in [5.74, 6) is 0.533. The van der Waals surface area contributed by atoms with Crippen molar-refractivity contribution in [1.29, 1.82) is 0 Å². The van der Waals surface area contributed by atoms with Crippen molar-refractivity contribution < 1.29 is 4.79 Å². The van der Waals surface area contributed by atoms with Crippen LogP contribution < -0.4 is 0 Å². The molecule has 182 valence electrons. The Morgan fingerprint density at radius 1 is 0.486 bits per heavy atom. The number of Topliss-reactive ketones (excluding diaryl/α,β-unsaturated/α-hetero) is 1. The Morgan fingerprint density at radius 2 is 0.892 bits per heavy atom. The van der Waals surface area contributed by atoms with E-state index < -0.39 is 0 Å². The minimum Gasteiger partial charge on any atom is -0.294 e. The number of rotatable bonds is 10. The third kappa shape index (κ3) is 6.13. The zero-order valence-electron chi connectivity index (χ0n) is 21.0. The second-order valence-electron chi connectivity index (χ2n) is 9.66. The van der Waals surface area contributed by atoms with Crippen LogP contribution in [0.3, 0.4) is 0 Å². The van der Waals surface area contributed by atoms with Gasteiger partial charge in [0.05, 0.1) is 0 Å². The molecule has 5 aromatic carbocycles.